The first-order valence-corrected chi connectivity index (χ1v) is 8.14. The fourth-order valence-corrected chi connectivity index (χ4v) is 2.17. The zero-order chi connectivity index (χ0) is 16.8. The van der Waals surface area contributed by atoms with Gasteiger partial charge in [0.25, 0.3) is 5.91 Å². The zero-order valence-electron chi connectivity index (χ0n) is 13.7. The Morgan fingerprint density at radius 1 is 1.17 bits per heavy atom. The molecule has 0 aromatic heterocycles. The smallest absolute Gasteiger partial charge is 0.255 e. The third-order valence-corrected chi connectivity index (χ3v) is 3.92. The quantitative estimate of drug-likeness (QED) is 0.777. The van der Waals surface area contributed by atoms with Crippen LogP contribution in [0.5, 0.6) is 5.75 Å². The predicted molar refractivity (Wildman–Crippen MR) is 95.5 cm³/mol. The molecular weight excluding hydrogens is 310 g/mol. The van der Waals surface area contributed by atoms with Gasteiger partial charge >= 0.3 is 0 Å². The molecule has 0 heterocycles. The van der Waals surface area contributed by atoms with E-state index in [1.54, 1.807) is 18.2 Å². The van der Waals surface area contributed by atoms with Crippen molar-refractivity contribution in [3.63, 3.8) is 0 Å². The van der Waals surface area contributed by atoms with E-state index in [9.17, 15) is 4.79 Å². The second-order valence-electron chi connectivity index (χ2n) is 5.97. The first-order chi connectivity index (χ1) is 11.0. The number of benzene rings is 2. The van der Waals surface area contributed by atoms with Gasteiger partial charge in [-0.05, 0) is 61.2 Å². The minimum absolute atomic E-state index is 0.168. The summed E-state index contributed by atoms with van der Waals surface area (Å²) in [7, 11) is 0. The summed E-state index contributed by atoms with van der Waals surface area (Å²) in [5, 5.41) is 3.48. The van der Waals surface area contributed by atoms with Gasteiger partial charge in [0, 0.05) is 16.3 Å². The lowest BCUT2D eigenvalue weighted by atomic mass is 10.1. The molecule has 0 saturated heterocycles. The number of carbonyl (C=O) groups excluding carboxylic acids is 1. The Labute approximate surface area is 142 Å². The Balaban J connectivity index is 1.95. The van der Waals surface area contributed by atoms with Crippen molar-refractivity contribution in [1.29, 1.82) is 0 Å². The predicted octanol–water partition coefficient (Wildman–Crippen LogP) is 5.33. The zero-order valence-corrected chi connectivity index (χ0v) is 14.5. The molecule has 0 aliphatic rings. The van der Waals surface area contributed by atoms with Crippen LogP contribution in [0, 0.1) is 12.8 Å². The topological polar surface area (TPSA) is 38.3 Å². The first kappa shape index (κ1) is 17.4. The molecule has 0 fully saturated rings. The van der Waals surface area contributed by atoms with E-state index in [1.807, 2.05) is 31.2 Å². The number of carbonyl (C=O) groups is 1. The fourth-order valence-electron chi connectivity index (χ4n) is 1.99. The van der Waals surface area contributed by atoms with Crippen molar-refractivity contribution >= 4 is 23.2 Å². The molecule has 4 heteroatoms. The van der Waals surface area contributed by atoms with Crippen molar-refractivity contribution in [1.82, 2.24) is 0 Å². The maximum Gasteiger partial charge on any atom is 0.255 e. The van der Waals surface area contributed by atoms with Crippen molar-refractivity contribution in [2.24, 2.45) is 5.92 Å². The van der Waals surface area contributed by atoms with Crippen LogP contribution in [0.3, 0.4) is 0 Å². The number of nitrogens with one attached hydrogen (secondary N) is 1. The van der Waals surface area contributed by atoms with Gasteiger partial charge < -0.3 is 10.1 Å². The minimum atomic E-state index is -0.168. The van der Waals surface area contributed by atoms with Crippen LogP contribution in [-0.2, 0) is 0 Å². The molecule has 2 aromatic carbocycles. The molecule has 0 radical (unpaired) electrons. The molecule has 0 aliphatic carbocycles. The van der Waals surface area contributed by atoms with Crippen LogP contribution >= 0.6 is 11.6 Å². The summed E-state index contributed by atoms with van der Waals surface area (Å²) < 4.78 is 5.65. The number of hydrogen-bond donors (Lipinski definition) is 1. The van der Waals surface area contributed by atoms with Gasteiger partial charge in [0.1, 0.15) is 5.75 Å². The fraction of sp³-hybridized carbons (Fsp3) is 0.316. The highest BCUT2D eigenvalue weighted by Crippen LogP contribution is 2.21. The second-order valence-corrected chi connectivity index (χ2v) is 6.38. The molecule has 1 N–H and O–H groups in total. The summed E-state index contributed by atoms with van der Waals surface area (Å²) in [5.41, 5.74) is 2.24. The van der Waals surface area contributed by atoms with Crippen LogP contribution in [0.2, 0.25) is 5.02 Å². The average Bonchev–Trinajstić information content (AvgIpc) is 2.51. The van der Waals surface area contributed by atoms with Gasteiger partial charge in [0.2, 0.25) is 0 Å². The number of ether oxygens (including phenoxy) is 1. The van der Waals surface area contributed by atoms with E-state index in [0.717, 1.165) is 17.7 Å². The summed E-state index contributed by atoms with van der Waals surface area (Å²) in [5.74, 6) is 1.22. The highest BCUT2D eigenvalue weighted by molar-refractivity contribution is 6.31. The molecular formula is C19H22ClNO2. The van der Waals surface area contributed by atoms with Gasteiger partial charge in [0.05, 0.1) is 6.61 Å². The Morgan fingerprint density at radius 2 is 1.87 bits per heavy atom. The number of aryl methyl sites for hydroxylation is 1. The van der Waals surface area contributed by atoms with E-state index in [-0.39, 0.29) is 5.91 Å². The van der Waals surface area contributed by atoms with Gasteiger partial charge in [-0.1, -0.05) is 31.5 Å². The third-order valence-electron chi connectivity index (χ3n) is 3.51. The molecule has 23 heavy (non-hydrogen) atoms. The lowest BCUT2D eigenvalue weighted by Gasteiger charge is -2.09. The molecule has 0 atom stereocenters. The Hall–Kier alpha value is -2.00. The first-order valence-electron chi connectivity index (χ1n) is 7.76. The number of halogens is 1. The van der Waals surface area contributed by atoms with Crippen molar-refractivity contribution in [3.8, 4) is 5.75 Å². The summed E-state index contributed by atoms with van der Waals surface area (Å²) >= 11 is 6.07. The normalized spacial score (nSPS) is 10.7. The Morgan fingerprint density at radius 3 is 2.48 bits per heavy atom. The molecule has 0 aliphatic heterocycles. The number of hydrogen-bond acceptors (Lipinski definition) is 2. The minimum Gasteiger partial charge on any atom is -0.494 e. The second kappa shape index (κ2) is 8.02. The lowest BCUT2D eigenvalue weighted by molar-refractivity contribution is 0.102. The van der Waals surface area contributed by atoms with E-state index in [4.69, 9.17) is 16.3 Å². The highest BCUT2D eigenvalue weighted by Gasteiger charge is 2.07. The Bertz CT molecular complexity index is 666. The van der Waals surface area contributed by atoms with Crippen LogP contribution in [0.25, 0.3) is 0 Å². The Kier molecular flexibility index (Phi) is 6.05. The van der Waals surface area contributed by atoms with E-state index in [2.05, 4.69) is 19.2 Å². The van der Waals surface area contributed by atoms with E-state index >= 15 is 0 Å². The van der Waals surface area contributed by atoms with Gasteiger partial charge in [0.15, 0.2) is 0 Å². The van der Waals surface area contributed by atoms with Crippen molar-refractivity contribution in [2.75, 3.05) is 11.9 Å². The highest BCUT2D eigenvalue weighted by atomic mass is 35.5. The molecule has 0 spiro atoms. The van der Waals surface area contributed by atoms with Crippen molar-refractivity contribution in [2.45, 2.75) is 27.2 Å². The van der Waals surface area contributed by atoms with Crippen molar-refractivity contribution in [3.05, 3.63) is 58.6 Å². The maximum atomic E-state index is 12.2. The van der Waals surface area contributed by atoms with Crippen LogP contribution in [0.4, 0.5) is 5.69 Å². The van der Waals surface area contributed by atoms with Crippen LogP contribution in [0.15, 0.2) is 42.5 Å². The van der Waals surface area contributed by atoms with Gasteiger partial charge in [-0.15, -0.1) is 0 Å². The maximum absolute atomic E-state index is 12.2. The number of amides is 1. The molecule has 0 saturated carbocycles. The van der Waals surface area contributed by atoms with E-state index < -0.39 is 0 Å². The summed E-state index contributed by atoms with van der Waals surface area (Å²) in [6.45, 7) is 6.93. The third kappa shape index (κ3) is 5.29. The van der Waals surface area contributed by atoms with Gasteiger partial charge in [-0.2, -0.15) is 0 Å². The molecule has 1 amide bonds. The van der Waals surface area contributed by atoms with Crippen LogP contribution in [0.1, 0.15) is 36.2 Å². The number of rotatable bonds is 6. The molecule has 122 valence electrons. The summed E-state index contributed by atoms with van der Waals surface area (Å²) in [6, 6.07) is 12.6. The molecule has 0 unspecified atom stereocenters. The molecule has 2 rings (SSSR count). The molecule has 0 bridgehead atoms. The summed E-state index contributed by atoms with van der Waals surface area (Å²) in [4.78, 5) is 12.2. The van der Waals surface area contributed by atoms with Crippen LogP contribution in [-0.4, -0.2) is 12.5 Å². The van der Waals surface area contributed by atoms with Crippen molar-refractivity contribution < 1.29 is 9.53 Å². The number of anilines is 1. The standard InChI is InChI=1S/C19H22ClNO2/c1-13(2)10-11-23-17-8-5-15(6-9-17)19(22)21-16-7-4-14(3)18(20)12-16/h4-9,12-13H,10-11H2,1-3H3,(H,21,22). The van der Waals surface area contributed by atoms with Crippen LogP contribution < -0.4 is 10.1 Å². The molecule has 2 aromatic rings. The van der Waals surface area contributed by atoms with Gasteiger partial charge in [-0.3, -0.25) is 4.79 Å². The summed E-state index contributed by atoms with van der Waals surface area (Å²) in [6.07, 6.45) is 1.01. The largest absolute Gasteiger partial charge is 0.494 e. The SMILES string of the molecule is Cc1ccc(NC(=O)c2ccc(OCCC(C)C)cc2)cc1Cl. The monoisotopic (exact) mass is 331 g/mol. The molecule has 3 nitrogen and oxygen atoms in total. The van der Waals surface area contributed by atoms with E-state index in [0.29, 0.717) is 28.8 Å². The lowest BCUT2D eigenvalue weighted by Crippen LogP contribution is -2.11. The average molecular weight is 332 g/mol. The van der Waals surface area contributed by atoms with E-state index in [1.165, 1.54) is 0 Å². The van der Waals surface area contributed by atoms with Gasteiger partial charge in [-0.25, -0.2) is 0 Å².